The normalized spacial score (nSPS) is 12.3. The summed E-state index contributed by atoms with van der Waals surface area (Å²) >= 11 is 14.3. The van der Waals surface area contributed by atoms with E-state index in [2.05, 4.69) is 0 Å². The van der Waals surface area contributed by atoms with Gasteiger partial charge in [-0.25, -0.2) is 4.39 Å². The summed E-state index contributed by atoms with van der Waals surface area (Å²) < 4.78 is 19.1. The molecule has 0 fully saturated rings. The van der Waals surface area contributed by atoms with Gasteiger partial charge in [0.05, 0.1) is 16.7 Å². The summed E-state index contributed by atoms with van der Waals surface area (Å²) in [7, 11) is 0. The second-order valence-electron chi connectivity index (χ2n) is 4.31. The Morgan fingerprint density at radius 1 is 1.19 bits per heavy atom. The first-order valence-electron chi connectivity index (χ1n) is 6.18. The van der Waals surface area contributed by atoms with Gasteiger partial charge >= 0.3 is 0 Å². The number of halogens is 4. The quantitative estimate of drug-likeness (QED) is 0.660. The molecule has 1 atom stereocenters. The molecule has 0 heterocycles. The van der Waals surface area contributed by atoms with Gasteiger partial charge in [0.25, 0.3) is 0 Å². The van der Waals surface area contributed by atoms with Crippen LogP contribution in [0.3, 0.4) is 0 Å². The Morgan fingerprint density at radius 2 is 1.90 bits per heavy atom. The minimum absolute atomic E-state index is 0.343. The molecule has 1 N–H and O–H groups in total. The van der Waals surface area contributed by atoms with E-state index in [1.165, 1.54) is 18.2 Å². The molecule has 2 aromatic rings. The Labute approximate surface area is 146 Å². The van der Waals surface area contributed by atoms with Crippen LogP contribution in [0.4, 0.5) is 4.39 Å². The Hall–Kier alpha value is -0.560. The molecule has 0 amide bonds. The standard InChI is InChI=1S/C15H12Cl2FIO2/c1-2-21-14-7-11(16)10(6-12(14)17)15(20)9-4-3-8(18)5-13(9)19/h3-7,15,20H,2H2,1H3. The van der Waals surface area contributed by atoms with Gasteiger partial charge in [0.1, 0.15) is 17.7 Å². The van der Waals surface area contributed by atoms with Crippen molar-refractivity contribution in [3.63, 3.8) is 0 Å². The Kier molecular flexibility index (Phi) is 5.71. The first-order valence-corrected chi connectivity index (χ1v) is 8.02. The number of ether oxygens (including phenoxy) is 1. The molecular formula is C15H12Cl2FIO2. The third-order valence-corrected chi connectivity index (χ3v) is 4.46. The van der Waals surface area contributed by atoms with Crippen molar-refractivity contribution in [3.8, 4) is 5.75 Å². The monoisotopic (exact) mass is 440 g/mol. The van der Waals surface area contributed by atoms with Gasteiger partial charge < -0.3 is 9.84 Å². The van der Waals surface area contributed by atoms with Crippen LogP contribution in [-0.2, 0) is 0 Å². The zero-order valence-corrected chi connectivity index (χ0v) is 14.7. The fraction of sp³-hybridized carbons (Fsp3) is 0.200. The maximum atomic E-state index is 13.1. The summed E-state index contributed by atoms with van der Waals surface area (Å²) in [6, 6.07) is 7.32. The molecule has 1 unspecified atom stereocenters. The molecule has 2 rings (SSSR count). The minimum atomic E-state index is -0.988. The lowest BCUT2D eigenvalue weighted by Gasteiger charge is -2.17. The predicted octanol–water partition coefficient (Wildman–Crippen LogP) is 5.22. The summed E-state index contributed by atoms with van der Waals surface area (Å²) in [5.41, 5.74) is 1.02. The average Bonchev–Trinajstić information content (AvgIpc) is 2.42. The second-order valence-corrected chi connectivity index (χ2v) is 6.28. The molecule has 2 nitrogen and oxygen atoms in total. The van der Waals surface area contributed by atoms with E-state index in [-0.39, 0.29) is 5.82 Å². The molecule has 0 saturated heterocycles. The van der Waals surface area contributed by atoms with Crippen LogP contribution in [0.15, 0.2) is 30.3 Å². The number of hydrogen-bond donors (Lipinski definition) is 1. The van der Waals surface area contributed by atoms with Crippen molar-refractivity contribution in [2.45, 2.75) is 13.0 Å². The van der Waals surface area contributed by atoms with Crippen LogP contribution >= 0.6 is 45.8 Å². The molecule has 0 bridgehead atoms. The zero-order valence-electron chi connectivity index (χ0n) is 11.0. The molecule has 0 aliphatic heterocycles. The molecule has 0 aromatic heterocycles. The molecule has 0 saturated carbocycles. The van der Waals surface area contributed by atoms with E-state index in [1.54, 1.807) is 12.1 Å². The van der Waals surface area contributed by atoms with E-state index in [0.29, 0.717) is 37.1 Å². The third-order valence-electron chi connectivity index (χ3n) is 2.90. The minimum Gasteiger partial charge on any atom is -0.492 e. The predicted molar refractivity (Wildman–Crippen MR) is 90.8 cm³/mol. The van der Waals surface area contributed by atoms with E-state index in [4.69, 9.17) is 27.9 Å². The topological polar surface area (TPSA) is 29.5 Å². The van der Waals surface area contributed by atoms with Gasteiger partial charge in [0, 0.05) is 15.2 Å². The maximum Gasteiger partial charge on any atom is 0.139 e. The Balaban J connectivity index is 2.43. The summed E-state index contributed by atoms with van der Waals surface area (Å²) in [6.45, 7) is 2.31. The number of hydrogen-bond acceptors (Lipinski definition) is 2. The van der Waals surface area contributed by atoms with Gasteiger partial charge in [-0.05, 0) is 53.3 Å². The maximum absolute atomic E-state index is 13.1. The fourth-order valence-electron chi connectivity index (χ4n) is 1.91. The molecule has 2 aromatic carbocycles. The highest BCUT2D eigenvalue weighted by Gasteiger charge is 2.19. The van der Waals surface area contributed by atoms with Crippen molar-refractivity contribution < 1.29 is 14.2 Å². The van der Waals surface area contributed by atoms with Crippen molar-refractivity contribution in [1.82, 2.24) is 0 Å². The van der Waals surface area contributed by atoms with Crippen molar-refractivity contribution >= 4 is 45.8 Å². The largest absolute Gasteiger partial charge is 0.492 e. The molecule has 0 spiro atoms. The van der Waals surface area contributed by atoms with E-state index >= 15 is 0 Å². The zero-order chi connectivity index (χ0) is 15.6. The fourth-order valence-corrected chi connectivity index (χ4v) is 3.17. The summed E-state index contributed by atoms with van der Waals surface area (Å²) in [5.74, 6) is 0.111. The molecule has 21 heavy (non-hydrogen) atoms. The number of benzene rings is 2. The summed E-state index contributed by atoms with van der Waals surface area (Å²) in [4.78, 5) is 0. The average molecular weight is 441 g/mol. The molecule has 0 aliphatic carbocycles. The molecule has 0 aliphatic rings. The van der Waals surface area contributed by atoms with E-state index in [9.17, 15) is 9.50 Å². The van der Waals surface area contributed by atoms with Gasteiger partial charge in [0.15, 0.2) is 0 Å². The van der Waals surface area contributed by atoms with Crippen LogP contribution < -0.4 is 4.74 Å². The lowest BCUT2D eigenvalue weighted by atomic mass is 10.0. The molecule has 6 heteroatoms. The van der Waals surface area contributed by atoms with E-state index < -0.39 is 6.10 Å². The van der Waals surface area contributed by atoms with Crippen molar-refractivity contribution in [3.05, 3.63) is 60.9 Å². The highest BCUT2D eigenvalue weighted by molar-refractivity contribution is 14.1. The van der Waals surface area contributed by atoms with Gasteiger partial charge in [-0.1, -0.05) is 29.3 Å². The molecular weight excluding hydrogens is 429 g/mol. The summed E-state index contributed by atoms with van der Waals surface area (Å²) in [6.07, 6.45) is -0.988. The highest BCUT2D eigenvalue weighted by atomic mass is 127. The second kappa shape index (κ2) is 7.13. The van der Waals surface area contributed by atoms with Crippen molar-refractivity contribution in [2.24, 2.45) is 0 Å². The number of aliphatic hydroxyl groups is 1. The van der Waals surface area contributed by atoms with E-state index in [0.717, 1.165) is 0 Å². The van der Waals surface area contributed by atoms with Gasteiger partial charge in [0.2, 0.25) is 0 Å². The van der Waals surface area contributed by atoms with Crippen molar-refractivity contribution in [1.29, 1.82) is 0 Å². The van der Waals surface area contributed by atoms with Crippen LogP contribution in [0.25, 0.3) is 0 Å². The lowest BCUT2D eigenvalue weighted by Crippen LogP contribution is -2.04. The highest BCUT2D eigenvalue weighted by Crippen LogP contribution is 2.37. The van der Waals surface area contributed by atoms with Crippen LogP contribution in [0.1, 0.15) is 24.2 Å². The van der Waals surface area contributed by atoms with Crippen LogP contribution in [0.5, 0.6) is 5.75 Å². The van der Waals surface area contributed by atoms with Crippen LogP contribution in [0, 0.1) is 9.39 Å². The van der Waals surface area contributed by atoms with Crippen LogP contribution in [0.2, 0.25) is 10.0 Å². The van der Waals surface area contributed by atoms with Crippen LogP contribution in [-0.4, -0.2) is 11.7 Å². The van der Waals surface area contributed by atoms with Crippen molar-refractivity contribution in [2.75, 3.05) is 6.61 Å². The third kappa shape index (κ3) is 3.80. The van der Waals surface area contributed by atoms with Gasteiger partial charge in [-0.15, -0.1) is 0 Å². The Morgan fingerprint density at radius 3 is 2.52 bits per heavy atom. The summed E-state index contributed by atoms with van der Waals surface area (Å²) in [5, 5.41) is 11.2. The lowest BCUT2D eigenvalue weighted by molar-refractivity contribution is 0.219. The number of rotatable bonds is 4. The van der Waals surface area contributed by atoms with E-state index in [1.807, 2.05) is 29.5 Å². The smallest absolute Gasteiger partial charge is 0.139 e. The van der Waals surface area contributed by atoms with Gasteiger partial charge in [-0.3, -0.25) is 0 Å². The molecule has 0 radical (unpaired) electrons. The number of aliphatic hydroxyl groups excluding tert-OH is 1. The first-order chi connectivity index (χ1) is 9.93. The van der Waals surface area contributed by atoms with Gasteiger partial charge in [-0.2, -0.15) is 0 Å². The first kappa shape index (κ1) is 16.8. The Bertz CT molecular complexity index is 664. The SMILES string of the molecule is CCOc1cc(Cl)c(C(O)c2ccc(F)cc2I)cc1Cl. The molecule has 112 valence electrons.